The van der Waals surface area contributed by atoms with Crippen molar-refractivity contribution in [2.24, 2.45) is 0 Å². The molecule has 4 rings (SSSR count). The number of rotatable bonds is 6. The van der Waals surface area contributed by atoms with Crippen LogP contribution in [-0.2, 0) is 25.7 Å². The molecule has 0 radical (unpaired) electrons. The summed E-state index contributed by atoms with van der Waals surface area (Å²) in [7, 11) is -4.37. The van der Waals surface area contributed by atoms with Gasteiger partial charge in [0.05, 0.1) is 17.0 Å². The fraction of sp³-hybridized carbons (Fsp3) is 0.357. The molecule has 11 nitrogen and oxygen atoms in total. The number of nitrogens with zero attached hydrogens (tertiary/aromatic N) is 4. The number of sulfonamides is 1. The highest BCUT2D eigenvalue weighted by Crippen LogP contribution is 2.39. The van der Waals surface area contributed by atoms with Crippen LogP contribution in [0, 0.1) is 6.92 Å². The maximum Gasteiger partial charge on any atom is 0.418 e. The molecule has 0 spiro atoms. The smallest absolute Gasteiger partial charge is 0.418 e. The summed E-state index contributed by atoms with van der Waals surface area (Å²) in [5.74, 6) is -0.949. The molecule has 43 heavy (non-hydrogen) atoms. The average Bonchev–Trinajstić information content (AvgIpc) is 2.91. The standard InChI is InChI=1S/C28H30F3N5O6S/c1-17-7-5-6-8-19(17)20-14-23(33-15-21(20)28(29,30)31)34-43(40,41)18-9-10-32-24(13-18)35-11-12-36(26(38)39)22(16-35)25(37)42-27(2,3)4/h5-10,13-15,22H,11-12,16H2,1-4H3,(H,33,34)(H,38,39)/t22-/m0/s1. The Morgan fingerprint density at radius 3 is 2.37 bits per heavy atom. The molecule has 3 heterocycles. The van der Waals surface area contributed by atoms with Crippen molar-refractivity contribution < 1.29 is 41.0 Å². The SMILES string of the molecule is Cc1ccccc1-c1cc(NS(=O)(=O)c2ccnc(N3CCN(C(=O)O)[C@H](C(=O)OC(C)(C)C)C3)c2)ncc1C(F)(F)F. The van der Waals surface area contributed by atoms with Crippen molar-refractivity contribution in [3.8, 4) is 11.1 Å². The molecular weight excluding hydrogens is 591 g/mol. The van der Waals surface area contributed by atoms with E-state index in [0.29, 0.717) is 11.8 Å². The van der Waals surface area contributed by atoms with Crippen molar-refractivity contribution >= 4 is 33.7 Å². The topological polar surface area (TPSA) is 142 Å². The van der Waals surface area contributed by atoms with Crippen LogP contribution in [0.15, 0.2) is 59.8 Å². The molecule has 2 aromatic heterocycles. The third kappa shape index (κ3) is 7.34. The Kier molecular flexibility index (Phi) is 8.58. The fourth-order valence-electron chi connectivity index (χ4n) is 4.56. The molecule has 0 saturated carbocycles. The van der Waals surface area contributed by atoms with E-state index in [2.05, 4.69) is 14.7 Å². The maximum atomic E-state index is 13.8. The quantitative estimate of drug-likeness (QED) is 0.372. The number of alkyl halides is 3. The van der Waals surface area contributed by atoms with Gasteiger partial charge in [0.1, 0.15) is 17.2 Å². The number of pyridine rings is 2. The number of hydrogen-bond acceptors (Lipinski definition) is 8. The second-order valence-corrected chi connectivity index (χ2v) is 12.5. The molecule has 1 fully saturated rings. The van der Waals surface area contributed by atoms with Gasteiger partial charge in [0, 0.05) is 31.5 Å². The predicted octanol–water partition coefficient (Wildman–Crippen LogP) is 4.78. The summed E-state index contributed by atoms with van der Waals surface area (Å²) in [6.07, 6.45) is -4.24. The van der Waals surface area contributed by atoms with Gasteiger partial charge < -0.3 is 14.7 Å². The lowest BCUT2D eigenvalue weighted by atomic mass is 9.97. The minimum absolute atomic E-state index is 0.0761. The summed E-state index contributed by atoms with van der Waals surface area (Å²) < 4.78 is 75.7. The summed E-state index contributed by atoms with van der Waals surface area (Å²) in [5, 5.41) is 9.60. The zero-order valence-electron chi connectivity index (χ0n) is 23.7. The van der Waals surface area contributed by atoms with E-state index < -0.39 is 45.5 Å². The molecule has 2 N–H and O–H groups in total. The number of ether oxygens (including phenoxy) is 1. The number of aromatic nitrogens is 2. The van der Waals surface area contributed by atoms with Gasteiger partial charge in [-0.25, -0.2) is 28.0 Å². The van der Waals surface area contributed by atoms with Crippen LogP contribution in [0.2, 0.25) is 0 Å². The Hall–Kier alpha value is -4.40. The summed E-state index contributed by atoms with van der Waals surface area (Å²) in [6, 6.07) is 8.64. The van der Waals surface area contributed by atoms with Crippen molar-refractivity contribution in [3.05, 3.63) is 66.0 Å². The van der Waals surface area contributed by atoms with Crippen molar-refractivity contribution in [2.45, 2.75) is 50.4 Å². The first kappa shape index (κ1) is 31.5. The normalized spacial score (nSPS) is 16.1. The number of piperazine rings is 1. The van der Waals surface area contributed by atoms with Crippen molar-refractivity contribution in [3.63, 3.8) is 0 Å². The van der Waals surface area contributed by atoms with Crippen LogP contribution in [0.3, 0.4) is 0 Å². The molecule has 1 aliphatic rings. The first-order valence-electron chi connectivity index (χ1n) is 13.1. The van der Waals surface area contributed by atoms with Gasteiger partial charge in [0.2, 0.25) is 0 Å². The van der Waals surface area contributed by atoms with Crippen LogP contribution in [0.4, 0.5) is 29.6 Å². The number of benzene rings is 1. The number of hydrogen-bond donors (Lipinski definition) is 2. The molecule has 1 atom stereocenters. The van der Waals surface area contributed by atoms with E-state index in [0.717, 1.165) is 11.0 Å². The first-order valence-corrected chi connectivity index (χ1v) is 14.5. The predicted molar refractivity (Wildman–Crippen MR) is 151 cm³/mol. The number of carbonyl (C=O) groups is 2. The van der Waals surface area contributed by atoms with Crippen LogP contribution >= 0.6 is 0 Å². The summed E-state index contributed by atoms with van der Waals surface area (Å²) in [5.41, 5.74) is -1.30. The lowest BCUT2D eigenvalue weighted by Crippen LogP contribution is -2.59. The summed E-state index contributed by atoms with van der Waals surface area (Å²) in [4.78, 5) is 34.7. The Bertz CT molecular complexity index is 1640. The zero-order valence-corrected chi connectivity index (χ0v) is 24.5. The first-order chi connectivity index (χ1) is 20.0. The highest BCUT2D eigenvalue weighted by Gasteiger charge is 2.39. The molecule has 1 aromatic carbocycles. The van der Waals surface area contributed by atoms with Crippen molar-refractivity contribution in [1.29, 1.82) is 0 Å². The molecule has 0 aliphatic carbocycles. The Morgan fingerprint density at radius 1 is 1.05 bits per heavy atom. The fourth-order valence-corrected chi connectivity index (χ4v) is 5.57. The number of carboxylic acid groups (broad SMARTS) is 1. The lowest BCUT2D eigenvalue weighted by Gasteiger charge is -2.40. The van der Waals surface area contributed by atoms with E-state index >= 15 is 0 Å². The van der Waals surface area contributed by atoms with Gasteiger partial charge in [0.25, 0.3) is 10.0 Å². The number of carbonyl (C=O) groups excluding carboxylic acids is 1. The molecule has 1 saturated heterocycles. The number of halogens is 3. The monoisotopic (exact) mass is 621 g/mol. The van der Waals surface area contributed by atoms with Crippen molar-refractivity contribution in [2.75, 3.05) is 29.3 Å². The minimum atomic E-state index is -4.73. The van der Waals surface area contributed by atoms with Gasteiger partial charge in [0.15, 0.2) is 6.04 Å². The number of anilines is 2. The second-order valence-electron chi connectivity index (χ2n) is 10.9. The largest absolute Gasteiger partial charge is 0.465 e. The number of esters is 1. The van der Waals surface area contributed by atoms with E-state index in [9.17, 15) is 36.3 Å². The van der Waals surface area contributed by atoms with E-state index in [1.807, 2.05) is 0 Å². The Balaban J connectivity index is 1.63. The van der Waals surface area contributed by atoms with E-state index in [1.165, 1.54) is 24.4 Å². The van der Waals surface area contributed by atoms with Crippen LogP contribution < -0.4 is 9.62 Å². The molecule has 3 aromatic rings. The third-order valence-electron chi connectivity index (χ3n) is 6.54. The van der Waals surface area contributed by atoms with E-state index in [1.54, 1.807) is 50.8 Å². The molecule has 1 amide bonds. The van der Waals surface area contributed by atoms with E-state index in [4.69, 9.17) is 4.74 Å². The highest BCUT2D eigenvalue weighted by atomic mass is 32.2. The molecular formula is C28H30F3N5O6S. The molecule has 15 heteroatoms. The number of nitrogens with one attached hydrogen (secondary N) is 1. The summed E-state index contributed by atoms with van der Waals surface area (Å²) in [6.45, 7) is 6.47. The van der Waals surface area contributed by atoms with Crippen LogP contribution in [-0.4, -0.2) is 71.7 Å². The zero-order chi connectivity index (χ0) is 31.7. The molecule has 0 unspecified atom stereocenters. The van der Waals surface area contributed by atoms with Crippen LogP contribution in [0.25, 0.3) is 11.1 Å². The number of amides is 1. The van der Waals surface area contributed by atoms with Gasteiger partial charge >= 0.3 is 18.2 Å². The lowest BCUT2D eigenvalue weighted by molar-refractivity contribution is -0.160. The van der Waals surface area contributed by atoms with Gasteiger partial charge in [-0.3, -0.25) is 9.62 Å². The summed E-state index contributed by atoms with van der Waals surface area (Å²) >= 11 is 0. The van der Waals surface area contributed by atoms with Crippen LogP contribution in [0.5, 0.6) is 0 Å². The van der Waals surface area contributed by atoms with Gasteiger partial charge in [-0.15, -0.1) is 0 Å². The van der Waals surface area contributed by atoms with Gasteiger partial charge in [-0.1, -0.05) is 24.3 Å². The van der Waals surface area contributed by atoms with E-state index in [-0.39, 0.29) is 47.3 Å². The van der Waals surface area contributed by atoms with Gasteiger partial charge in [-0.05, 0) is 56.5 Å². The Morgan fingerprint density at radius 2 is 1.74 bits per heavy atom. The van der Waals surface area contributed by atoms with Crippen LogP contribution in [0.1, 0.15) is 31.9 Å². The second kappa shape index (κ2) is 11.7. The molecule has 1 aliphatic heterocycles. The molecule has 230 valence electrons. The third-order valence-corrected chi connectivity index (χ3v) is 7.89. The van der Waals surface area contributed by atoms with Gasteiger partial charge in [-0.2, -0.15) is 13.2 Å². The molecule has 0 bridgehead atoms. The maximum absolute atomic E-state index is 13.8. The van der Waals surface area contributed by atoms with Crippen molar-refractivity contribution in [1.82, 2.24) is 14.9 Å². The minimum Gasteiger partial charge on any atom is -0.465 e. The Labute approximate surface area is 246 Å². The number of aryl methyl sites for hydroxylation is 1. The average molecular weight is 622 g/mol. The highest BCUT2D eigenvalue weighted by molar-refractivity contribution is 7.92.